The third kappa shape index (κ3) is 4.70. The summed E-state index contributed by atoms with van der Waals surface area (Å²) in [6.07, 6.45) is 10.3. The minimum Gasteiger partial charge on any atom is -0.345 e. The van der Waals surface area contributed by atoms with Crippen LogP contribution in [0.1, 0.15) is 54.4 Å². The normalized spacial score (nSPS) is 16.9. The number of H-pyrrole nitrogens is 1. The quantitative estimate of drug-likeness (QED) is 0.583. The van der Waals surface area contributed by atoms with Gasteiger partial charge < -0.3 is 15.2 Å². The summed E-state index contributed by atoms with van der Waals surface area (Å²) in [6.45, 7) is 4.67. The van der Waals surface area contributed by atoms with Gasteiger partial charge in [-0.15, -0.1) is 10.2 Å². The molecule has 0 bridgehead atoms. The van der Waals surface area contributed by atoms with Crippen molar-refractivity contribution in [2.24, 2.45) is 0 Å². The van der Waals surface area contributed by atoms with E-state index in [4.69, 9.17) is 4.98 Å². The van der Waals surface area contributed by atoms with Crippen LogP contribution in [-0.4, -0.2) is 47.5 Å². The summed E-state index contributed by atoms with van der Waals surface area (Å²) in [4.78, 5) is 31.0. The van der Waals surface area contributed by atoms with Crippen molar-refractivity contribution in [1.82, 2.24) is 35.0 Å². The fourth-order valence-electron chi connectivity index (χ4n) is 3.44. The first-order valence-corrected chi connectivity index (χ1v) is 10.9. The summed E-state index contributed by atoms with van der Waals surface area (Å²) in [7, 11) is 0. The van der Waals surface area contributed by atoms with Crippen molar-refractivity contribution in [3.63, 3.8) is 0 Å². The zero-order chi connectivity index (χ0) is 20.9. The van der Waals surface area contributed by atoms with Crippen LogP contribution >= 0.6 is 11.3 Å². The maximum Gasteiger partial charge on any atom is 0.247 e. The molecule has 1 saturated heterocycles. The third-order valence-electron chi connectivity index (χ3n) is 4.88. The third-order valence-corrected chi connectivity index (χ3v) is 5.87. The van der Waals surface area contributed by atoms with Gasteiger partial charge in [-0.3, -0.25) is 4.79 Å². The number of likely N-dealkylation sites (tertiary alicyclic amines) is 1. The molecule has 3 aromatic rings. The highest BCUT2D eigenvalue weighted by atomic mass is 32.1. The molecule has 1 aliphatic heterocycles. The van der Waals surface area contributed by atoms with Crippen LogP contribution in [0.15, 0.2) is 24.7 Å². The van der Waals surface area contributed by atoms with Gasteiger partial charge in [0.2, 0.25) is 11.0 Å². The molecule has 156 valence electrons. The molecule has 3 aromatic heterocycles. The number of amides is 1. The van der Waals surface area contributed by atoms with Gasteiger partial charge in [-0.2, -0.15) is 0 Å². The summed E-state index contributed by atoms with van der Waals surface area (Å²) >= 11 is 1.51. The van der Waals surface area contributed by atoms with E-state index in [1.807, 2.05) is 24.8 Å². The minimum atomic E-state index is -0.154. The Bertz CT molecular complexity index is 1030. The van der Waals surface area contributed by atoms with Gasteiger partial charge >= 0.3 is 0 Å². The Kier molecular flexibility index (Phi) is 6.12. The number of anilines is 2. The van der Waals surface area contributed by atoms with E-state index >= 15 is 0 Å². The number of nitrogens with zero attached hydrogens (tertiary/aromatic N) is 6. The maximum atomic E-state index is 12.9. The molecule has 0 aromatic carbocycles. The average Bonchev–Trinajstić information content (AvgIpc) is 3.43. The Balaban J connectivity index is 1.55. The van der Waals surface area contributed by atoms with Crippen molar-refractivity contribution in [2.75, 3.05) is 11.9 Å². The highest BCUT2D eigenvalue weighted by Gasteiger charge is 2.29. The fourth-order valence-corrected chi connectivity index (χ4v) is 4.13. The lowest BCUT2D eigenvalue weighted by Gasteiger charge is -2.34. The van der Waals surface area contributed by atoms with Crippen molar-refractivity contribution in [2.45, 2.75) is 45.6 Å². The van der Waals surface area contributed by atoms with E-state index in [0.717, 1.165) is 42.1 Å². The van der Waals surface area contributed by atoms with Crippen molar-refractivity contribution >= 4 is 34.3 Å². The summed E-state index contributed by atoms with van der Waals surface area (Å²) < 4.78 is 0. The molecule has 1 amide bonds. The van der Waals surface area contributed by atoms with Crippen LogP contribution in [-0.2, 0) is 11.2 Å². The second-order valence-electron chi connectivity index (χ2n) is 7.12. The second-order valence-corrected chi connectivity index (χ2v) is 8.18. The first-order valence-electron chi connectivity index (χ1n) is 10.0. The van der Waals surface area contributed by atoms with Crippen molar-refractivity contribution in [1.29, 1.82) is 0 Å². The van der Waals surface area contributed by atoms with E-state index in [1.54, 1.807) is 24.7 Å². The Morgan fingerprint density at radius 1 is 1.37 bits per heavy atom. The van der Waals surface area contributed by atoms with E-state index in [2.05, 4.69) is 30.5 Å². The highest BCUT2D eigenvalue weighted by Crippen LogP contribution is 2.30. The van der Waals surface area contributed by atoms with Gasteiger partial charge in [0, 0.05) is 24.4 Å². The Morgan fingerprint density at radius 2 is 2.27 bits per heavy atom. The molecule has 1 aliphatic rings. The van der Waals surface area contributed by atoms with E-state index < -0.39 is 0 Å². The number of carbonyl (C=O) groups excluding carboxylic acids is 1. The maximum absolute atomic E-state index is 12.9. The summed E-state index contributed by atoms with van der Waals surface area (Å²) in [5.41, 5.74) is 1.63. The van der Waals surface area contributed by atoms with Crippen LogP contribution < -0.4 is 5.32 Å². The van der Waals surface area contributed by atoms with Crippen molar-refractivity contribution in [3.05, 3.63) is 46.9 Å². The van der Waals surface area contributed by atoms with Crippen molar-refractivity contribution in [3.8, 4) is 0 Å². The molecule has 0 spiro atoms. The molecular weight excluding hydrogens is 400 g/mol. The molecule has 10 heteroatoms. The smallest absolute Gasteiger partial charge is 0.247 e. The number of aryl methyl sites for hydroxylation is 2. The number of rotatable bonds is 6. The lowest BCUT2D eigenvalue weighted by molar-refractivity contribution is -0.129. The first kappa shape index (κ1) is 20.1. The number of aromatic amines is 1. The number of hydrogen-bond donors (Lipinski definition) is 2. The molecule has 30 heavy (non-hydrogen) atoms. The zero-order valence-corrected chi connectivity index (χ0v) is 17.8. The number of piperidine rings is 1. The monoisotopic (exact) mass is 424 g/mol. The topological polar surface area (TPSA) is 113 Å². The molecule has 0 saturated carbocycles. The van der Waals surface area contributed by atoms with Crippen LogP contribution in [0.3, 0.4) is 0 Å². The molecule has 4 rings (SSSR count). The summed E-state index contributed by atoms with van der Waals surface area (Å²) in [5, 5.41) is 13.2. The van der Waals surface area contributed by atoms with Gasteiger partial charge in [0.25, 0.3) is 0 Å². The van der Waals surface area contributed by atoms with Crippen LogP contribution in [0, 0.1) is 6.92 Å². The number of nitrogens with one attached hydrogen (secondary N) is 2. The largest absolute Gasteiger partial charge is 0.345 e. The molecular formula is C20H24N8OS. The molecule has 1 atom stereocenters. The van der Waals surface area contributed by atoms with Crippen LogP contribution in [0.4, 0.5) is 10.9 Å². The van der Waals surface area contributed by atoms with Gasteiger partial charge in [0.1, 0.15) is 10.8 Å². The first-order chi connectivity index (χ1) is 14.6. The molecule has 2 N–H and O–H groups in total. The highest BCUT2D eigenvalue weighted by molar-refractivity contribution is 7.15. The van der Waals surface area contributed by atoms with E-state index in [-0.39, 0.29) is 11.9 Å². The van der Waals surface area contributed by atoms with Gasteiger partial charge in [-0.05, 0) is 38.7 Å². The van der Waals surface area contributed by atoms with Gasteiger partial charge in [0.05, 0.1) is 24.3 Å². The van der Waals surface area contributed by atoms with E-state index in [9.17, 15) is 4.79 Å². The van der Waals surface area contributed by atoms with Gasteiger partial charge in [0.15, 0.2) is 5.82 Å². The van der Waals surface area contributed by atoms with E-state index in [0.29, 0.717) is 23.3 Å². The molecule has 1 fully saturated rings. The van der Waals surface area contributed by atoms with Gasteiger partial charge in [-0.1, -0.05) is 18.3 Å². The molecule has 9 nitrogen and oxygen atoms in total. The predicted molar refractivity (Wildman–Crippen MR) is 115 cm³/mol. The Morgan fingerprint density at radius 3 is 3.03 bits per heavy atom. The fraction of sp³-hybridized carbons (Fsp3) is 0.400. The lowest BCUT2D eigenvalue weighted by atomic mass is 10.0. The summed E-state index contributed by atoms with van der Waals surface area (Å²) in [5.74, 6) is 1.27. The standard InChI is InChI=1S/C20H24N8OS/c1-3-17-26-27-20(30-17)25-16-10-13(2)23-19(24-16)15-6-4-5-9-28(15)18(29)8-7-14-11-21-12-22-14/h7-8,10-12,15H,3-6,9H2,1-2H3,(H,21,22)(H,23,24,25,27)/b8-7+. The molecule has 0 aliphatic carbocycles. The van der Waals surface area contributed by atoms with Crippen LogP contribution in [0.5, 0.6) is 0 Å². The number of imidazole rings is 1. The Labute approximate surface area is 178 Å². The second kappa shape index (κ2) is 9.12. The molecule has 0 radical (unpaired) electrons. The number of aromatic nitrogens is 6. The van der Waals surface area contributed by atoms with Gasteiger partial charge in [-0.25, -0.2) is 15.0 Å². The molecule has 1 unspecified atom stereocenters. The van der Waals surface area contributed by atoms with Crippen LogP contribution in [0.2, 0.25) is 0 Å². The average molecular weight is 425 g/mol. The number of hydrogen-bond acceptors (Lipinski definition) is 8. The number of carbonyl (C=O) groups is 1. The molecule has 4 heterocycles. The lowest BCUT2D eigenvalue weighted by Crippen LogP contribution is -2.38. The zero-order valence-electron chi connectivity index (χ0n) is 17.0. The van der Waals surface area contributed by atoms with Crippen molar-refractivity contribution < 1.29 is 4.79 Å². The Hall–Kier alpha value is -3.14. The minimum absolute atomic E-state index is 0.0503. The predicted octanol–water partition coefficient (Wildman–Crippen LogP) is 3.43. The van der Waals surface area contributed by atoms with E-state index in [1.165, 1.54) is 11.3 Å². The SMILES string of the molecule is CCc1nnc(Nc2cc(C)nc(C3CCCCN3C(=O)/C=C/c3cnc[nH]3)n2)s1. The van der Waals surface area contributed by atoms with Crippen LogP contribution in [0.25, 0.3) is 6.08 Å². The summed E-state index contributed by atoms with van der Waals surface area (Å²) in [6, 6.07) is 1.72.